The van der Waals surface area contributed by atoms with Gasteiger partial charge in [0.25, 0.3) is 0 Å². The topological polar surface area (TPSA) is 49.4 Å². The minimum atomic E-state index is -0.560. The summed E-state index contributed by atoms with van der Waals surface area (Å²) in [5.41, 5.74) is 3.03. The van der Waals surface area contributed by atoms with Crippen LogP contribution in [0.5, 0.6) is 0 Å². The van der Waals surface area contributed by atoms with Gasteiger partial charge in [-0.05, 0) is 49.2 Å². The molecular weight excluding hydrogens is 331 g/mol. The average molecular weight is 349 g/mol. The Bertz CT molecular complexity index is 793. The lowest BCUT2D eigenvalue weighted by Crippen LogP contribution is -2.37. The highest BCUT2D eigenvalue weighted by Crippen LogP contribution is 2.23. The van der Waals surface area contributed by atoms with Crippen molar-refractivity contribution in [2.75, 3.05) is 16.8 Å². The zero-order valence-corrected chi connectivity index (χ0v) is 14.4. The first kappa shape index (κ1) is 17.9. The van der Waals surface area contributed by atoms with Gasteiger partial charge in [0.1, 0.15) is 12.4 Å². The van der Waals surface area contributed by atoms with Crippen molar-refractivity contribution in [2.45, 2.75) is 20.8 Å². The molecule has 0 aliphatic rings. The van der Waals surface area contributed by atoms with Crippen molar-refractivity contribution in [3.63, 3.8) is 0 Å². The first-order valence-electron chi connectivity index (χ1n) is 7.39. The van der Waals surface area contributed by atoms with E-state index in [4.69, 9.17) is 11.6 Å². The molecule has 0 saturated heterocycles. The number of halogens is 2. The van der Waals surface area contributed by atoms with E-state index in [9.17, 15) is 14.0 Å². The van der Waals surface area contributed by atoms with Crippen LogP contribution in [0.4, 0.5) is 15.8 Å². The van der Waals surface area contributed by atoms with Gasteiger partial charge in [-0.15, -0.1) is 0 Å². The lowest BCUT2D eigenvalue weighted by molar-refractivity contribution is -0.120. The molecular formula is C18H18ClFN2O2. The van der Waals surface area contributed by atoms with Gasteiger partial charge >= 0.3 is 0 Å². The van der Waals surface area contributed by atoms with E-state index in [0.29, 0.717) is 11.4 Å². The maximum Gasteiger partial charge on any atom is 0.244 e. The molecule has 0 aliphatic heterocycles. The number of carbonyl (C=O) groups is 2. The predicted octanol–water partition coefficient (Wildman–Crippen LogP) is 4.09. The summed E-state index contributed by atoms with van der Waals surface area (Å²) in [6, 6.07) is 9.49. The van der Waals surface area contributed by atoms with E-state index < -0.39 is 11.7 Å². The fourth-order valence-electron chi connectivity index (χ4n) is 2.31. The van der Waals surface area contributed by atoms with Gasteiger partial charge in [-0.25, -0.2) is 4.39 Å². The Morgan fingerprint density at radius 1 is 1.21 bits per heavy atom. The molecule has 0 saturated carbocycles. The third-order valence-electron chi connectivity index (χ3n) is 3.75. The van der Waals surface area contributed by atoms with Crippen LogP contribution in [0.15, 0.2) is 36.4 Å². The maximum absolute atomic E-state index is 13.2. The highest BCUT2D eigenvalue weighted by Gasteiger charge is 2.18. The van der Waals surface area contributed by atoms with Gasteiger partial charge < -0.3 is 10.2 Å². The summed E-state index contributed by atoms with van der Waals surface area (Å²) in [7, 11) is 0. The van der Waals surface area contributed by atoms with Crippen LogP contribution < -0.4 is 10.2 Å². The molecule has 0 spiro atoms. The lowest BCUT2D eigenvalue weighted by atomic mass is 10.1. The molecule has 4 nitrogen and oxygen atoms in total. The van der Waals surface area contributed by atoms with Crippen molar-refractivity contribution in [1.82, 2.24) is 0 Å². The number of nitrogens with one attached hydrogen (secondary N) is 1. The molecule has 0 radical (unpaired) electrons. The number of nitrogens with zero attached hydrogens (tertiary/aromatic N) is 1. The highest BCUT2D eigenvalue weighted by molar-refractivity contribution is 6.31. The van der Waals surface area contributed by atoms with E-state index in [1.807, 2.05) is 26.0 Å². The van der Waals surface area contributed by atoms with Gasteiger partial charge in [0.2, 0.25) is 11.8 Å². The molecule has 0 atom stereocenters. The zero-order chi connectivity index (χ0) is 17.9. The quantitative estimate of drug-likeness (QED) is 0.904. The van der Waals surface area contributed by atoms with Crippen molar-refractivity contribution in [1.29, 1.82) is 0 Å². The van der Waals surface area contributed by atoms with Gasteiger partial charge in [0.05, 0.1) is 5.02 Å². The molecule has 2 rings (SSSR count). The van der Waals surface area contributed by atoms with Crippen molar-refractivity contribution in [3.8, 4) is 0 Å². The Hall–Kier alpha value is -2.40. The van der Waals surface area contributed by atoms with E-state index in [2.05, 4.69) is 5.32 Å². The monoisotopic (exact) mass is 348 g/mol. The van der Waals surface area contributed by atoms with Crippen molar-refractivity contribution >= 4 is 34.8 Å². The zero-order valence-electron chi connectivity index (χ0n) is 13.7. The highest BCUT2D eigenvalue weighted by atomic mass is 35.5. The number of anilines is 2. The first-order chi connectivity index (χ1) is 11.3. The second kappa shape index (κ2) is 7.45. The first-order valence-corrected chi connectivity index (χ1v) is 7.76. The Morgan fingerprint density at radius 2 is 1.92 bits per heavy atom. The SMILES string of the molecule is CC(=O)N(CC(=O)Nc1ccc(F)c(Cl)c1)c1cccc(C)c1C. The van der Waals surface area contributed by atoms with Gasteiger partial charge in [0, 0.05) is 18.3 Å². The fraction of sp³-hybridized carbons (Fsp3) is 0.222. The Balaban J connectivity index is 2.18. The number of amides is 2. The third-order valence-corrected chi connectivity index (χ3v) is 4.04. The number of hydrogen-bond donors (Lipinski definition) is 1. The maximum atomic E-state index is 13.2. The van der Waals surface area contributed by atoms with Crippen LogP contribution in [-0.2, 0) is 9.59 Å². The molecule has 0 aliphatic carbocycles. The molecule has 0 heterocycles. The Labute approximate surface area is 145 Å². The van der Waals surface area contributed by atoms with Crippen molar-refractivity contribution < 1.29 is 14.0 Å². The fourth-order valence-corrected chi connectivity index (χ4v) is 2.49. The summed E-state index contributed by atoms with van der Waals surface area (Å²) in [4.78, 5) is 25.6. The van der Waals surface area contributed by atoms with Crippen LogP contribution in [0.2, 0.25) is 5.02 Å². The molecule has 0 bridgehead atoms. The Kier molecular flexibility index (Phi) is 5.57. The number of rotatable bonds is 4. The van der Waals surface area contributed by atoms with Crippen molar-refractivity contribution in [2.24, 2.45) is 0 Å². The standard InChI is InChI=1S/C18H18ClFN2O2/c1-11-5-4-6-17(12(11)2)22(13(3)23)10-18(24)21-14-7-8-16(20)15(19)9-14/h4-9H,10H2,1-3H3,(H,21,24). The summed E-state index contributed by atoms with van der Waals surface area (Å²) < 4.78 is 13.2. The van der Waals surface area contributed by atoms with Gasteiger partial charge in [-0.3, -0.25) is 9.59 Å². The molecule has 0 fully saturated rings. The molecule has 2 aromatic carbocycles. The molecule has 1 N–H and O–H groups in total. The molecule has 6 heteroatoms. The summed E-state index contributed by atoms with van der Waals surface area (Å²) in [5, 5.41) is 2.54. The van der Waals surface area contributed by atoms with Crippen LogP contribution in [0.3, 0.4) is 0 Å². The summed E-state index contributed by atoms with van der Waals surface area (Å²) in [5.74, 6) is -1.19. The van der Waals surface area contributed by atoms with Crippen LogP contribution in [-0.4, -0.2) is 18.4 Å². The molecule has 126 valence electrons. The molecule has 24 heavy (non-hydrogen) atoms. The number of hydrogen-bond acceptors (Lipinski definition) is 2. The average Bonchev–Trinajstić information content (AvgIpc) is 2.51. The Morgan fingerprint density at radius 3 is 2.54 bits per heavy atom. The summed E-state index contributed by atoms with van der Waals surface area (Å²) in [6.45, 7) is 5.11. The van der Waals surface area contributed by atoms with Crippen molar-refractivity contribution in [3.05, 3.63) is 58.4 Å². The number of benzene rings is 2. The van der Waals surface area contributed by atoms with Crippen LogP contribution >= 0.6 is 11.6 Å². The second-order valence-corrected chi connectivity index (χ2v) is 5.91. The largest absolute Gasteiger partial charge is 0.324 e. The van der Waals surface area contributed by atoms with E-state index in [1.165, 1.54) is 30.0 Å². The lowest BCUT2D eigenvalue weighted by Gasteiger charge is -2.23. The minimum absolute atomic E-state index is 0.0780. The van der Waals surface area contributed by atoms with Gasteiger partial charge in [-0.1, -0.05) is 23.7 Å². The molecule has 2 amide bonds. The second-order valence-electron chi connectivity index (χ2n) is 5.50. The number of carbonyl (C=O) groups excluding carboxylic acids is 2. The number of aryl methyl sites for hydroxylation is 1. The molecule has 0 aromatic heterocycles. The van der Waals surface area contributed by atoms with Crippen LogP contribution in [0, 0.1) is 19.7 Å². The van der Waals surface area contributed by atoms with Crippen LogP contribution in [0.1, 0.15) is 18.1 Å². The minimum Gasteiger partial charge on any atom is -0.324 e. The van der Waals surface area contributed by atoms with Gasteiger partial charge in [0.15, 0.2) is 0 Å². The normalized spacial score (nSPS) is 10.4. The summed E-state index contributed by atoms with van der Waals surface area (Å²) in [6.07, 6.45) is 0. The molecule has 2 aromatic rings. The summed E-state index contributed by atoms with van der Waals surface area (Å²) >= 11 is 5.70. The van der Waals surface area contributed by atoms with E-state index >= 15 is 0 Å². The molecule has 0 unspecified atom stereocenters. The van der Waals surface area contributed by atoms with E-state index in [1.54, 1.807) is 6.07 Å². The predicted molar refractivity (Wildman–Crippen MR) is 94.0 cm³/mol. The van der Waals surface area contributed by atoms with E-state index in [-0.39, 0.29) is 17.5 Å². The van der Waals surface area contributed by atoms with Crippen LogP contribution in [0.25, 0.3) is 0 Å². The van der Waals surface area contributed by atoms with E-state index in [0.717, 1.165) is 11.1 Å². The van der Waals surface area contributed by atoms with Gasteiger partial charge in [-0.2, -0.15) is 0 Å². The third kappa shape index (κ3) is 4.11. The smallest absolute Gasteiger partial charge is 0.244 e.